The van der Waals surface area contributed by atoms with Crippen LogP contribution in [0.15, 0.2) is 23.1 Å². The van der Waals surface area contributed by atoms with E-state index >= 15 is 0 Å². The molecule has 0 atom stereocenters. The van der Waals surface area contributed by atoms with E-state index in [4.69, 9.17) is 16.3 Å². The highest BCUT2D eigenvalue weighted by Crippen LogP contribution is 2.27. The summed E-state index contributed by atoms with van der Waals surface area (Å²) < 4.78 is 32.3. The molecule has 1 aromatic heterocycles. The number of ether oxygens (including phenoxy) is 1. The Hall–Kier alpha value is -1.57. The molecule has 1 aromatic carbocycles. The minimum Gasteiger partial charge on any atom is -0.495 e. The Morgan fingerprint density at radius 3 is 2.83 bits per heavy atom. The summed E-state index contributed by atoms with van der Waals surface area (Å²) in [6.07, 6.45) is 4.20. The van der Waals surface area contributed by atoms with Gasteiger partial charge in [0, 0.05) is 5.69 Å². The van der Waals surface area contributed by atoms with Crippen LogP contribution in [0.2, 0.25) is 5.02 Å². The number of hydrogen-bond acceptors (Lipinski definition) is 4. The first-order chi connectivity index (χ1) is 11.0. The fourth-order valence-corrected chi connectivity index (χ4v) is 3.99. The third-order valence-corrected chi connectivity index (χ3v) is 5.56. The van der Waals surface area contributed by atoms with Crippen LogP contribution >= 0.6 is 11.6 Å². The average molecular weight is 356 g/mol. The molecule has 1 aliphatic carbocycles. The predicted molar refractivity (Wildman–Crippen MR) is 87.3 cm³/mol. The van der Waals surface area contributed by atoms with Crippen LogP contribution in [0.5, 0.6) is 5.75 Å². The van der Waals surface area contributed by atoms with Crippen molar-refractivity contribution < 1.29 is 13.2 Å². The number of nitrogens with zero attached hydrogens (tertiary/aromatic N) is 1. The van der Waals surface area contributed by atoms with Gasteiger partial charge in [-0.1, -0.05) is 11.6 Å². The molecule has 2 aromatic rings. The van der Waals surface area contributed by atoms with Crippen molar-refractivity contribution in [1.29, 1.82) is 0 Å². The number of H-pyrrole nitrogens is 1. The van der Waals surface area contributed by atoms with Crippen molar-refractivity contribution in [2.75, 3.05) is 7.11 Å². The van der Waals surface area contributed by atoms with Gasteiger partial charge >= 0.3 is 0 Å². The van der Waals surface area contributed by atoms with Gasteiger partial charge in [0.05, 0.1) is 29.3 Å². The molecule has 2 N–H and O–H groups in total. The number of sulfonamides is 1. The van der Waals surface area contributed by atoms with Gasteiger partial charge in [-0.25, -0.2) is 18.1 Å². The molecular weight excluding hydrogens is 338 g/mol. The molecule has 0 saturated heterocycles. The van der Waals surface area contributed by atoms with Crippen molar-refractivity contribution in [2.24, 2.45) is 0 Å². The van der Waals surface area contributed by atoms with Gasteiger partial charge in [-0.2, -0.15) is 0 Å². The fraction of sp³-hybridized carbons (Fsp3) is 0.400. The first kappa shape index (κ1) is 16.3. The van der Waals surface area contributed by atoms with Crippen LogP contribution in [0.3, 0.4) is 0 Å². The monoisotopic (exact) mass is 355 g/mol. The first-order valence-corrected chi connectivity index (χ1v) is 9.25. The molecule has 23 heavy (non-hydrogen) atoms. The van der Waals surface area contributed by atoms with Crippen molar-refractivity contribution in [3.63, 3.8) is 0 Å². The highest BCUT2D eigenvalue weighted by Gasteiger charge is 2.18. The third-order valence-electron chi connectivity index (χ3n) is 3.87. The molecule has 3 rings (SSSR count). The Bertz CT molecular complexity index is 794. The Morgan fingerprint density at radius 2 is 2.13 bits per heavy atom. The minimum absolute atomic E-state index is 0.0969. The van der Waals surface area contributed by atoms with E-state index in [9.17, 15) is 8.42 Å². The van der Waals surface area contributed by atoms with Crippen molar-refractivity contribution >= 4 is 21.6 Å². The van der Waals surface area contributed by atoms with Crippen molar-refractivity contribution in [3.05, 3.63) is 40.4 Å². The molecule has 0 aliphatic heterocycles. The van der Waals surface area contributed by atoms with Crippen molar-refractivity contribution in [1.82, 2.24) is 14.7 Å². The number of benzene rings is 1. The molecule has 6 nitrogen and oxygen atoms in total. The zero-order valence-electron chi connectivity index (χ0n) is 12.7. The number of nitrogens with one attached hydrogen (secondary N) is 2. The smallest absolute Gasteiger partial charge is 0.241 e. The standard InChI is InChI=1S/C15H18ClN3O3S/c1-22-14-7-6-10(8-11(14)16)23(20,21)17-9-15-18-12-4-2-3-5-13(12)19-15/h6-8,17H,2-5,9H2,1H3,(H,18,19). The van der Waals surface area contributed by atoms with Gasteiger partial charge in [0.1, 0.15) is 11.6 Å². The van der Waals surface area contributed by atoms with Gasteiger partial charge in [0.15, 0.2) is 0 Å². The highest BCUT2D eigenvalue weighted by molar-refractivity contribution is 7.89. The summed E-state index contributed by atoms with van der Waals surface area (Å²) >= 11 is 5.99. The van der Waals surface area contributed by atoms with Crippen LogP contribution in [0.4, 0.5) is 0 Å². The molecule has 0 spiro atoms. The lowest BCUT2D eigenvalue weighted by atomic mass is 10.0. The topological polar surface area (TPSA) is 84.1 Å². The van der Waals surface area contributed by atoms with E-state index < -0.39 is 10.0 Å². The number of methoxy groups -OCH3 is 1. The number of aromatic nitrogens is 2. The quantitative estimate of drug-likeness (QED) is 0.862. The number of aryl methyl sites for hydroxylation is 2. The molecule has 0 saturated carbocycles. The average Bonchev–Trinajstić information content (AvgIpc) is 2.96. The summed E-state index contributed by atoms with van der Waals surface area (Å²) in [5, 5.41) is 0.254. The lowest BCUT2D eigenvalue weighted by Crippen LogP contribution is -2.23. The largest absolute Gasteiger partial charge is 0.495 e. The Morgan fingerprint density at radius 1 is 1.35 bits per heavy atom. The van der Waals surface area contributed by atoms with Crippen molar-refractivity contribution in [2.45, 2.75) is 37.1 Å². The predicted octanol–water partition coefficient (Wildman–Crippen LogP) is 2.43. The SMILES string of the molecule is COc1ccc(S(=O)(=O)NCc2nc3c([nH]2)CCCC3)cc1Cl. The summed E-state index contributed by atoms with van der Waals surface area (Å²) in [6, 6.07) is 4.36. The van der Waals surface area contributed by atoms with Crippen LogP contribution in [-0.4, -0.2) is 25.5 Å². The molecule has 1 heterocycles. The third kappa shape index (κ3) is 3.52. The Balaban J connectivity index is 1.73. The normalized spacial score (nSPS) is 14.5. The Kier molecular flexibility index (Phi) is 4.61. The zero-order chi connectivity index (χ0) is 16.4. The zero-order valence-corrected chi connectivity index (χ0v) is 14.3. The Labute approximate surface area is 140 Å². The van der Waals surface area contributed by atoms with Gasteiger partial charge in [-0.15, -0.1) is 0 Å². The molecule has 124 valence electrons. The molecule has 0 fully saturated rings. The van der Waals surface area contributed by atoms with E-state index in [1.54, 1.807) is 0 Å². The van der Waals surface area contributed by atoms with Gasteiger partial charge in [-0.3, -0.25) is 0 Å². The van der Waals surface area contributed by atoms with Crippen LogP contribution in [-0.2, 0) is 29.4 Å². The number of fused-ring (bicyclic) bond motifs is 1. The summed E-state index contributed by atoms with van der Waals surface area (Å²) in [6.45, 7) is 0.124. The molecule has 0 amide bonds. The van der Waals surface area contributed by atoms with E-state index in [-0.39, 0.29) is 16.5 Å². The second kappa shape index (κ2) is 6.51. The molecular formula is C15H18ClN3O3S. The van der Waals surface area contributed by atoms with Crippen LogP contribution in [0, 0.1) is 0 Å². The fourth-order valence-electron chi connectivity index (χ4n) is 2.66. The van der Waals surface area contributed by atoms with E-state index in [0.29, 0.717) is 11.6 Å². The molecule has 0 radical (unpaired) electrons. The summed E-state index contributed by atoms with van der Waals surface area (Å²) in [5.74, 6) is 1.07. The van der Waals surface area contributed by atoms with E-state index in [2.05, 4.69) is 14.7 Å². The first-order valence-electron chi connectivity index (χ1n) is 7.39. The number of imidazole rings is 1. The maximum atomic E-state index is 12.3. The van der Waals surface area contributed by atoms with Crippen LogP contribution in [0.1, 0.15) is 30.1 Å². The van der Waals surface area contributed by atoms with Crippen LogP contribution in [0.25, 0.3) is 0 Å². The van der Waals surface area contributed by atoms with Gasteiger partial charge in [-0.05, 0) is 43.9 Å². The van der Waals surface area contributed by atoms with Gasteiger partial charge in [0.25, 0.3) is 0 Å². The van der Waals surface area contributed by atoms with E-state index in [0.717, 1.165) is 37.1 Å². The lowest BCUT2D eigenvalue weighted by molar-refractivity contribution is 0.414. The number of halogens is 1. The molecule has 1 aliphatic rings. The van der Waals surface area contributed by atoms with E-state index in [1.807, 2.05) is 0 Å². The molecule has 0 unspecified atom stereocenters. The number of rotatable bonds is 5. The summed E-state index contributed by atoms with van der Waals surface area (Å²) in [4.78, 5) is 7.76. The van der Waals surface area contributed by atoms with Gasteiger partial charge in [0.2, 0.25) is 10.0 Å². The number of hydrogen-bond donors (Lipinski definition) is 2. The maximum absolute atomic E-state index is 12.3. The summed E-state index contributed by atoms with van der Waals surface area (Å²) in [5.41, 5.74) is 2.18. The maximum Gasteiger partial charge on any atom is 0.241 e. The summed E-state index contributed by atoms with van der Waals surface area (Å²) in [7, 11) is -2.18. The molecule has 0 bridgehead atoms. The van der Waals surface area contributed by atoms with E-state index in [1.165, 1.54) is 25.3 Å². The van der Waals surface area contributed by atoms with Gasteiger partial charge < -0.3 is 9.72 Å². The minimum atomic E-state index is -3.66. The molecule has 8 heteroatoms. The number of aromatic amines is 1. The van der Waals surface area contributed by atoms with Crippen molar-refractivity contribution in [3.8, 4) is 5.75 Å². The lowest BCUT2D eigenvalue weighted by Gasteiger charge is -2.08. The second-order valence-electron chi connectivity index (χ2n) is 5.44. The highest BCUT2D eigenvalue weighted by atomic mass is 35.5. The van der Waals surface area contributed by atoms with Crippen LogP contribution < -0.4 is 9.46 Å². The second-order valence-corrected chi connectivity index (χ2v) is 7.61.